The minimum atomic E-state index is -3.89. The van der Waals surface area contributed by atoms with Crippen LogP contribution in [0, 0.1) is 50.7 Å². The first-order valence-corrected chi connectivity index (χ1v) is 25.2. The van der Waals surface area contributed by atoms with Crippen molar-refractivity contribution in [3.63, 3.8) is 0 Å². The molecule has 1 saturated heterocycles. The first-order chi connectivity index (χ1) is 28.2. The molecule has 11 nitrogen and oxygen atoms in total. The highest BCUT2D eigenvalue weighted by Gasteiger charge is 2.85. The largest absolute Gasteiger partial charge is 0.346 e. The standard InChI is InChI=1S/C48H76N4O7S/c1-9-32-27-46(32,43(57)50-60(58,59)33-20-13-14-21-33)29-39(54)37-28-48(45(5,6)47(48)24-17-25-47)30-52(37)42(56)35(44(2,3)4)26-38(53)40(31-18-11-10-12-19-31)49-41(55)34-22-15-16-23-36(34)51(7)8/h9,31-37,40H,1,10-30H2,2-8H3,(H,49,55)(H,50,57)/t32-,34-,35-,36?,37+,40+,46-,48-/m1/s1. The number of sulfonamides is 1. The summed E-state index contributed by atoms with van der Waals surface area (Å²) in [5, 5.41) is 2.68. The van der Waals surface area contributed by atoms with Crippen LogP contribution >= 0.6 is 0 Å². The highest BCUT2D eigenvalue weighted by atomic mass is 32.2. The number of nitrogens with zero attached hydrogens (tertiary/aromatic N) is 2. The molecule has 0 aromatic carbocycles. The summed E-state index contributed by atoms with van der Waals surface area (Å²) >= 11 is 0. The molecule has 7 fully saturated rings. The van der Waals surface area contributed by atoms with E-state index in [9.17, 15) is 27.6 Å². The van der Waals surface area contributed by atoms with E-state index >= 15 is 4.79 Å². The summed E-state index contributed by atoms with van der Waals surface area (Å²) in [7, 11) is 0.151. The van der Waals surface area contributed by atoms with Gasteiger partial charge in [-0.2, -0.15) is 0 Å². The molecule has 2 N–H and O–H groups in total. The molecule has 336 valence electrons. The van der Waals surface area contributed by atoms with E-state index in [0.29, 0.717) is 32.2 Å². The molecule has 2 spiro atoms. The van der Waals surface area contributed by atoms with Gasteiger partial charge in [-0.1, -0.05) is 92.1 Å². The second-order valence-corrected chi connectivity index (χ2v) is 24.4. The van der Waals surface area contributed by atoms with Gasteiger partial charge in [-0.05, 0) is 106 Å². The molecular weight excluding hydrogens is 777 g/mol. The lowest BCUT2D eigenvalue weighted by Crippen LogP contribution is -2.54. The maximum Gasteiger partial charge on any atom is 0.240 e. The number of hydrogen-bond acceptors (Lipinski definition) is 8. The van der Waals surface area contributed by atoms with Crippen LogP contribution in [0.15, 0.2) is 12.7 Å². The zero-order valence-corrected chi connectivity index (χ0v) is 38.7. The Hall–Kier alpha value is -2.60. The molecule has 6 saturated carbocycles. The Labute approximate surface area is 360 Å². The zero-order valence-electron chi connectivity index (χ0n) is 37.9. The van der Waals surface area contributed by atoms with Gasteiger partial charge in [0.15, 0.2) is 11.6 Å². The molecule has 7 aliphatic rings. The van der Waals surface area contributed by atoms with Crippen molar-refractivity contribution < 1.29 is 32.4 Å². The van der Waals surface area contributed by atoms with Crippen molar-refractivity contribution in [3.8, 4) is 0 Å². The second-order valence-electron chi connectivity index (χ2n) is 22.5. The summed E-state index contributed by atoms with van der Waals surface area (Å²) in [5.74, 6) is -2.50. The number of carbonyl (C=O) groups excluding carboxylic acids is 5. The lowest BCUT2D eigenvalue weighted by atomic mass is 9.73. The maximum atomic E-state index is 15.4. The van der Waals surface area contributed by atoms with Crippen molar-refractivity contribution in [1.29, 1.82) is 0 Å². The van der Waals surface area contributed by atoms with Crippen molar-refractivity contribution in [2.24, 2.45) is 50.7 Å². The van der Waals surface area contributed by atoms with Crippen LogP contribution in [-0.2, 0) is 34.0 Å². The lowest BCUT2D eigenvalue weighted by molar-refractivity contribution is -0.147. The minimum Gasteiger partial charge on any atom is -0.346 e. The number of nitrogens with one attached hydrogen (secondary N) is 2. The first-order valence-electron chi connectivity index (χ1n) is 23.7. The van der Waals surface area contributed by atoms with E-state index in [2.05, 4.69) is 35.4 Å². The molecule has 0 aromatic heterocycles. The predicted molar refractivity (Wildman–Crippen MR) is 233 cm³/mol. The van der Waals surface area contributed by atoms with Crippen LogP contribution in [0.5, 0.6) is 0 Å². The minimum absolute atomic E-state index is 0.0126. The van der Waals surface area contributed by atoms with E-state index in [1.165, 1.54) is 0 Å². The van der Waals surface area contributed by atoms with Crippen LogP contribution in [0.4, 0.5) is 0 Å². The number of hydrogen-bond donors (Lipinski definition) is 2. The Bertz CT molecular complexity index is 1820. The van der Waals surface area contributed by atoms with Gasteiger partial charge < -0.3 is 15.1 Å². The van der Waals surface area contributed by atoms with Gasteiger partial charge in [-0.15, -0.1) is 6.58 Å². The molecule has 8 atom stereocenters. The molecule has 12 heteroatoms. The number of Topliss-reactive ketones (excluding diaryl/α,β-unsaturated/α-hetero) is 2. The molecule has 6 aliphatic carbocycles. The Kier molecular flexibility index (Phi) is 12.5. The molecule has 0 aromatic rings. The summed E-state index contributed by atoms with van der Waals surface area (Å²) in [6, 6.07) is -1.35. The average Bonchev–Trinajstić information content (AvgIpc) is 3.63. The second kappa shape index (κ2) is 16.5. The predicted octanol–water partition coefficient (Wildman–Crippen LogP) is 7.13. The van der Waals surface area contributed by atoms with Crippen LogP contribution in [0.3, 0.4) is 0 Å². The lowest BCUT2D eigenvalue weighted by Gasteiger charge is -2.39. The molecule has 7 rings (SSSR count). The summed E-state index contributed by atoms with van der Waals surface area (Å²) < 4.78 is 29.0. The molecule has 1 heterocycles. The first kappa shape index (κ1) is 45.4. The van der Waals surface area contributed by atoms with Crippen LogP contribution in [0.25, 0.3) is 0 Å². The van der Waals surface area contributed by atoms with Gasteiger partial charge in [-0.3, -0.25) is 28.7 Å². The average molecular weight is 853 g/mol. The van der Waals surface area contributed by atoms with Crippen LogP contribution in [-0.4, -0.2) is 91.5 Å². The fourth-order valence-corrected chi connectivity index (χ4v) is 15.3. The van der Waals surface area contributed by atoms with Gasteiger partial charge in [0, 0.05) is 36.8 Å². The molecule has 0 radical (unpaired) electrons. The van der Waals surface area contributed by atoms with Gasteiger partial charge in [0.25, 0.3) is 0 Å². The van der Waals surface area contributed by atoms with Crippen LogP contribution < -0.4 is 10.0 Å². The molecule has 1 unspecified atom stereocenters. The van der Waals surface area contributed by atoms with Crippen molar-refractivity contribution >= 4 is 39.3 Å². The number of fused-ring (bicyclic) bond motifs is 1. The third-order valence-electron chi connectivity index (χ3n) is 18.0. The number of likely N-dealkylation sites (tertiary alicyclic amines) is 1. The Morgan fingerprint density at radius 1 is 0.850 bits per heavy atom. The van der Waals surface area contributed by atoms with E-state index in [1.807, 2.05) is 34.9 Å². The number of carbonyl (C=O) groups is 5. The molecule has 0 bridgehead atoms. The molecule has 60 heavy (non-hydrogen) atoms. The fraction of sp³-hybridized carbons (Fsp3) is 0.854. The van der Waals surface area contributed by atoms with Crippen molar-refractivity contribution in [1.82, 2.24) is 19.8 Å². The van der Waals surface area contributed by atoms with Crippen LogP contribution in [0.2, 0.25) is 0 Å². The van der Waals surface area contributed by atoms with Crippen molar-refractivity contribution in [3.05, 3.63) is 12.7 Å². The highest BCUT2D eigenvalue weighted by molar-refractivity contribution is 7.90. The van der Waals surface area contributed by atoms with E-state index < -0.39 is 50.0 Å². The summed E-state index contributed by atoms with van der Waals surface area (Å²) in [6.07, 6.45) is 16.8. The van der Waals surface area contributed by atoms with Gasteiger partial charge in [0.05, 0.1) is 28.7 Å². The number of ketones is 2. The van der Waals surface area contributed by atoms with Crippen molar-refractivity contribution in [2.45, 2.75) is 186 Å². The third kappa shape index (κ3) is 7.75. The summed E-state index contributed by atoms with van der Waals surface area (Å²) in [4.78, 5) is 77.2. The normalized spacial score (nSPS) is 33.6. The van der Waals surface area contributed by atoms with Crippen LogP contribution in [0.1, 0.15) is 163 Å². The Morgan fingerprint density at radius 2 is 1.47 bits per heavy atom. The van der Waals surface area contributed by atoms with Crippen molar-refractivity contribution in [2.75, 3.05) is 20.6 Å². The molecule has 3 amide bonds. The van der Waals surface area contributed by atoms with Gasteiger partial charge in [-0.25, -0.2) is 8.42 Å². The summed E-state index contributed by atoms with van der Waals surface area (Å²) in [5.41, 5.74) is -2.17. The monoisotopic (exact) mass is 853 g/mol. The number of allylic oxidation sites excluding steroid dienone is 1. The maximum absolute atomic E-state index is 15.4. The number of rotatable bonds is 15. The van der Waals surface area contributed by atoms with E-state index in [-0.39, 0.29) is 76.3 Å². The molecular formula is C48H76N4O7S. The van der Waals surface area contributed by atoms with Gasteiger partial charge in [0.1, 0.15) is 0 Å². The highest BCUT2D eigenvalue weighted by Crippen LogP contribution is 2.88. The SMILES string of the molecule is C=C[C@@H]1C[C@]1(CC(=O)[C@@H]1C[C@@]2(CN1C(=O)[C@@H](CC(=O)[C@@H](NC(=O)[C@@H]1CCCCC1N(C)C)C1CCCCC1)C(C)(C)C)C(C)(C)C21CCC1)C(=O)NS(=O)(=O)C1CCCC1. The van der Waals surface area contributed by atoms with E-state index in [4.69, 9.17) is 0 Å². The Balaban J connectivity index is 1.15. The summed E-state index contributed by atoms with van der Waals surface area (Å²) in [6.45, 7) is 14.9. The Morgan fingerprint density at radius 3 is 2.02 bits per heavy atom. The topological polar surface area (TPSA) is 150 Å². The molecule has 1 aliphatic heterocycles. The van der Waals surface area contributed by atoms with Gasteiger partial charge in [0.2, 0.25) is 27.7 Å². The van der Waals surface area contributed by atoms with Gasteiger partial charge >= 0.3 is 0 Å². The quantitative estimate of drug-likeness (QED) is 0.165. The zero-order chi connectivity index (χ0) is 43.6. The smallest absolute Gasteiger partial charge is 0.240 e. The fourth-order valence-electron chi connectivity index (χ4n) is 13.8. The third-order valence-corrected chi connectivity index (χ3v) is 19.9. The van der Waals surface area contributed by atoms with E-state index in [0.717, 1.165) is 89.9 Å². The number of amides is 3. The van der Waals surface area contributed by atoms with E-state index in [1.54, 1.807) is 11.0 Å².